The Kier molecular flexibility index (Phi) is 3.25. The van der Waals surface area contributed by atoms with Crippen LogP contribution in [0.5, 0.6) is 0 Å². The smallest absolute Gasteiger partial charge is 0.324 e. The predicted octanol–water partition coefficient (Wildman–Crippen LogP) is -0.325. The van der Waals surface area contributed by atoms with Crippen molar-refractivity contribution >= 4 is 11.9 Å². The third-order valence-electron chi connectivity index (χ3n) is 2.03. The lowest BCUT2D eigenvalue weighted by molar-refractivity contribution is -0.147. The van der Waals surface area contributed by atoms with Crippen LogP contribution in [-0.2, 0) is 14.3 Å². The van der Waals surface area contributed by atoms with E-state index in [0.29, 0.717) is 6.54 Å². The first-order valence-electron chi connectivity index (χ1n) is 4.27. The second-order valence-electron chi connectivity index (χ2n) is 3.04. The van der Waals surface area contributed by atoms with Crippen molar-refractivity contribution in [2.24, 2.45) is 0 Å². The number of nitrogens with one attached hydrogen (secondary N) is 1. The van der Waals surface area contributed by atoms with E-state index in [4.69, 9.17) is 0 Å². The van der Waals surface area contributed by atoms with Crippen molar-refractivity contribution in [2.45, 2.75) is 25.8 Å². The van der Waals surface area contributed by atoms with Crippen molar-refractivity contribution in [1.29, 1.82) is 0 Å². The lowest BCUT2D eigenvalue weighted by atomic mass is 10.2. The molecule has 0 aromatic carbocycles. The van der Waals surface area contributed by atoms with Crippen LogP contribution in [0.25, 0.3) is 0 Å². The van der Waals surface area contributed by atoms with Gasteiger partial charge in [0.1, 0.15) is 6.04 Å². The van der Waals surface area contributed by atoms with Gasteiger partial charge in [0, 0.05) is 13.5 Å². The van der Waals surface area contributed by atoms with Crippen molar-refractivity contribution in [2.75, 3.05) is 13.7 Å². The third kappa shape index (κ3) is 2.42. The Morgan fingerprint density at radius 3 is 2.77 bits per heavy atom. The molecule has 1 fully saturated rings. The molecule has 5 heteroatoms. The molecule has 0 radical (unpaired) electrons. The highest BCUT2D eigenvalue weighted by Crippen LogP contribution is 2.15. The second kappa shape index (κ2) is 4.23. The Labute approximate surface area is 77.0 Å². The molecule has 13 heavy (non-hydrogen) atoms. The van der Waals surface area contributed by atoms with E-state index in [2.05, 4.69) is 10.2 Å². The minimum absolute atomic E-state index is 0.157. The summed E-state index contributed by atoms with van der Waals surface area (Å²) in [5.74, 6) is -0.443. The quantitative estimate of drug-likeness (QED) is 0.600. The maximum atomic E-state index is 11.2. The van der Waals surface area contributed by atoms with Crippen molar-refractivity contribution in [3.63, 3.8) is 0 Å². The zero-order valence-electron chi connectivity index (χ0n) is 7.87. The number of hydrogen-bond acceptors (Lipinski definition) is 4. The van der Waals surface area contributed by atoms with Gasteiger partial charge < -0.3 is 4.74 Å². The summed E-state index contributed by atoms with van der Waals surface area (Å²) in [4.78, 5) is 21.9. The first-order valence-corrected chi connectivity index (χ1v) is 4.27. The zero-order chi connectivity index (χ0) is 9.84. The Hall–Kier alpha value is -1.10. The first-order chi connectivity index (χ1) is 6.15. The van der Waals surface area contributed by atoms with Crippen LogP contribution in [0.2, 0.25) is 0 Å². The highest BCUT2D eigenvalue weighted by molar-refractivity contribution is 5.77. The molecule has 0 unspecified atom stereocenters. The molecule has 0 saturated carbocycles. The number of hydrogen-bond donors (Lipinski definition) is 1. The van der Waals surface area contributed by atoms with E-state index in [9.17, 15) is 9.59 Å². The highest BCUT2D eigenvalue weighted by atomic mass is 16.5. The molecular weight excluding hydrogens is 172 g/mol. The Morgan fingerprint density at radius 2 is 2.23 bits per heavy atom. The van der Waals surface area contributed by atoms with E-state index >= 15 is 0 Å². The SMILES string of the molecule is COC(=O)[C@@H]1CCCN1NC(C)=O. The third-order valence-corrected chi connectivity index (χ3v) is 2.03. The van der Waals surface area contributed by atoms with E-state index in [-0.39, 0.29) is 17.9 Å². The van der Waals surface area contributed by atoms with Gasteiger partial charge >= 0.3 is 5.97 Å². The number of rotatable bonds is 2. The molecule has 1 saturated heterocycles. The summed E-state index contributed by atoms with van der Waals surface area (Å²) in [7, 11) is 1.35. The van der Waals surface area contributed by atoms with Gasteiger partial charge in [0.2, 0.25) is 5.91 Å². The molecule has 1 rings (SSSR count). The maximum absolute atomic E-state index is 11.2. The summed E-state index contributed by atoms with van der Waals surface area (Å²) in [6.45, 7) is 2.13. The van der Waals surface area contributed by atoms with Gasteiger partial charge in [-0.3, -0.25) is 15.0 Å². The summed E-state index contributed by atoms with van der Waals surface area (Å²) in [5, 5.41) is 1.63. The number of esters is 1. The van der Waals surface area contributed by atoms with Crippen LogP contribution in [-0.4, -0.2) is 36.6 Å². The molecule has 74 valence electrons. The zero-order valence-corrected chi connectivity index (χ0v) is 7.87. The Morgan fingerprint density at radius 1 is 1.54 bits per heavy atom. The van der Waals surface area contributed by atoms with Crippen LogP contribution in [0.15, 0.2) is 0 Å². The minimum Gasteiger partial charge on any atom is -0.468 e. The van der Waals surface area contributed by atoms with Crippen molar-refractivity contribution in [1.82, 2.24) is 10.4 Å². The summed E-state index contributed by atoms with van der Waals surface area (Å²) in [5.41, 5.74) is 2.60. The molecule has 0 spiro atoms. The fourth-order valence-corrected chi connectivity index (χ4v) is 1.48. The summed E-state index contributed by atoms with van der Waals surface area (Å²) in [6.07, 6.45) is 1.65. The van der Waals surface area contributed by atoms with Crippen LogP contribution >= 0.6 is 0 Å². The van der Waals surface area contributed by atoms with E-state index < -0.39 is 0 Å². The standard InChI is InChI=1S/C8H14N2O3/c1-6(11)9-10-5-3-4-7(10)8(12)13-2/h7H,3-5H2,1-2H3,(H,9,11)/t7-/m0/s1. The average Bonchev–Trinajstić information content (AvgIpc) is 2.50. The lowest BCUT2D eigenvalue weighted by Crippen LogP contribution is -2.47. The Bertz CT molecular complexity index is 217. The van der Waals surface area contributed by atoms with Gasteiger partial charge in [-0.15, -0.1) is 0 Å². The van der Waals surface area contributed by atoms with Crippen LogP contribution in [0.3, 0.4) is 0 Å². The van der Waals surface area contributed by atoms with Gasteiger partial charge in [-0.05, 0) is 12.8 Å². The average molecular weight is 186 g/mol. The molecule has 1 atom stereocenters. The topological polar surface area (TPSA) is 58.6 Å². The minimum atomic E-state index is -0.311. The molecule has 0 aromatic rings. The molecule has 1 amide bonds. The molecule has 1 heterocycles. The first kappa shape index (κ1) is 9.98. The fraction of sp³-hybridized carbons (Fsp3) is 0.750. The van der Waals surface area contributed by atoms with E-state index in [0.717, 1.165) is 12.8 Å². The molecule has 5 nitrogen and oxygen atoms in total. The van der Waals surface area contributed by atoms with Crippen molar-refractivity contribution in [3.05, 3.63) is 0 Å². The molecule has 1 aliphatic rings. The normalized spacial score (nSPS) is 22.8. The second-order valence-corrected chi connectivity index (χ2v) is 3.04. The molecular formula is C8H14N2O3. The van der Waals surface area contributed by atoms with Gasteiger partial charge in [0.15, 0.2) is 0 Å². The number of hydrazine groups is 1. The van der Waals surface area contributed by atoms with Crippen molar-refractivity contribution in [3.8, 4) is 0 Å². The largest absolute Gasteiger partial charge is 0.468 e. The lowest BCUT2D eigenvalue weighted by Gasteiger charge is -2.21. The highest BCUT2D eigenvalue weighted by Gasteiger charge is 2.31. The van der Waals surface area contributed by atoms with E-state index in [1.54, 1.807) is 5.01 Å². The monoisotopic (exact) mass is 186 g/mol. The molecule has 1 N–H and O–H groups in total. The number of methoxy groups -OCH3 is 1. The Balaban J connectivity index is 2.53. The van der Waals surface area contributed by atoms with Gasteiger partial charge in [0.05, 0.1) is 7.11 Å². The number of carbonyl (C=O) groups excluding carboxylic acids is 2. The van der Waals surface area contributed by atoms with Crippen LogP contribution in [0.1, 0.15) is 19.8 Å². The van der Waals surface area contributed by atoms with Crippen LogP contribution in [0.4, 0.5) is 0 Å². The van der Waals surface area contributed by atoms with E-state index in [1.807, 2.05) is 0 Å². The number of nitrogens with zero attached hydrogens (tertiary/aromatic N) is 1. The van der Waals surface area contributed by atoms with Gasteiger partial charge in [0.25, 0.3) is 0 Å². The number of amides is 1. The predicted molar refractivity (Wildman–Crippen MR) is 45.6 cm³/mol. The number of carbonyl (C=O) groups is 2. The van der Waals surface area contributed by atoms with Crippen molar-refractivity contribution < 1.29 is 14.3 Å². The van der Waals surface area contributed by atoms with Gasteiger partial charge in [-0.1, -0.05) is 0 Å². The van der Waals surface area contributed by atoms with Gasteiger partial charge in [-0.25, -0.2) is 5.01 Å². The van der Waals surface area contributed by atoms with Crippen LogP contribution in [0, 0.1) is 0 Å². The molecule has 0 aliphatic carbocycles. The van der Waals surface area contributed by atoms with E-state index in [1.165, 1.54) is 14.0 Å². The number of ether oxygens (including phenoxy) is 1. The molecule has 0 aromatic heterocycles. The van der Waals surface area contributed by atoms with Gasteiger partial charge in [-0.2, -0.15) is 0 Å². The summed E-state index contributed by atoms with van der Waals surface area (Å²) in [6, 6.07) is -0.311. The maximum Gasteiger partial charge on any atom is 0.324 e. The summed E-state index contributed by atoms with van der Waals surface area (Å²) < 4.78 is 4.61. The molecule has 0 bridgehead atoms. The summed E-state index contributed by atoms with van der Waals surface area (Å²) >= 11 is 0. The molecule has 1 aliphatic heterocycles. The fourth-order valence-electron chi connectivity index (χ4n) is 1.48. The van der Waals surface area contributed by atoms with Crippen LogP contribution < -0.4 is 5.43 Å².